The number of aromatic amines is 1. The fraction of sp³-hybridized carbons (Fsp3) is 0.250. The Morgan fingerprint density at radius 3 is 2.52 bits per heavy atom. The van der Waals surface area contributed by atoms with E-state index >= 15 is 0 Å². The SMILES string of the molecule is Cc1ccc(N2CCP(=O)(c3cc(Cc4n[nH]c(=O)c5ccccc45)ccc3F)CC2)nn1. The summed E-state index contributed by atoms with van der Waals surface area (Å²) in [5, 5.41) is 16.7. The van der Waals surface area contributed by atoms with Crippen LogP contribution in [0.1, 0.15) is 17.0 Å². The molecule has 1 aliphatic rings. The summed E-state index contributed by atoms with van der Waals surface area (Å²) in [5.74, 6) is 0.307. The summed E-state index contributed by atoms with van der Waals surface area (Å²) in [6.07, 6.45) is 1.15. The van der Waals surface area contributed by atoms with Crippen molar-refractivity contribution in [3.63, 3.8) is 0 Å². The molecular weight excluding hydrogens is 440 g/mol. The minimum atomic E-state index is -2.90. The van der Waals surface area contributed by atoms with E-state index in [-0.39, 0.29) is 5.56 Å². The highest BCUT2D eigenvalue weighted by Gasteiger charge is 2.33. The third kappa shape index (κ3) is 4.18. The molecule has 5 rings (SSSR count). The van der Waals surface area contributed by atoms with Crippen molar-refractivity contribution in [3.8, 4) is 0 Å². The van der Waals surface area contributed by atoms with E-state index in [1.807, 2.05) is 36.1 Å². The average molecular weight is 463 g/mol. The highest BCUT2D eigenvalue weighted by atomic mass is 31.2. The molecule has 0 amide bonds. The van der Waals surface area contributed by atoms with Crippen molar-refractivity contribution in [2.24, 2.45) is 0 Å². The standard InChI is InChI=1S/C24H23FN5O2P/c1-16-6-9-23(28-26-16)30-10-12-33(32,13-11-30)22-15-17(7-8-20(22)25)14-21-18-4-2-3-5-19(18)24(31)29-27-21/h2-9,15H,10-14H2,1H3,(H,29,31). The molecule has 1 N–H and O–H groups in total. The van der Waals surface area contributed by atoms with Crippen LogP contribution < -0.4 is 15.8 Å². The van der Waals surface area contributed by atoms with Crippen LogP contribution in [0.5, 0.6) is 0 Å². The van der Waals surface area contributed by atoms with Crippen molar-refractivity contribution in [2.45, 2.75) is 13.3 Å². The zero-order chi connectivity index (χ0) is 23.0. The Bertz CT molecular complexity index is 1430. The van der Waals surface area contributed by atoms with E-state index in [9.17, 15) is 13.8 Å². The molecule has 1 fully saturated rings. The lowest BCUT2D eigenvalue weighted by atomic mass is 10.0. The number of benzene rings is 2. The zero-order valence-electron chi connectivity index (χ0n) is 18.2. The van der Waals surface area contributed by atoms with Crippen LogP contribution in [0.2, 0.25) is 0 Å². The highest BCUT2D eigenvalue weighted by Crippen LogP contribution is 2.47. The van der Waals surface area contributed by atoms with Gasteiger partial charge in [-0.2, -0.15) is 10.2 Å². The topological polar surface area (TPSA) is 91.8 Å². The predicted molar refractivity (Wildman–Crippen MR) is 128 cm³/mol. The van der Waals surface area contributed by atoms with E-state index in [4.69, 9.17) is 0 Å². The van der Waals surface area contributed by atoms with Gasteiger partial charge in [0, 0.05) is 42.5 Å². The maximum Gasteiger partial charge on any atom is 0.272 e. The van der Waals surface area contributed by atoms with E-state index < -0.39 is 13.0 Å². The van der Waals surface area contributed by atoms with Crippen molar-refractivity contribution in [1.29, 1.82) is 0 Å². The number of nitrogens with zero attached hydrogens (tertiary/aromatic N) is 4. The molecule has 0 spiro atoms. The van der Waals surface area contributed by atoms with Gasteiger partial charge in [-0.25, -0.2) is 9.49 Å². The van der Waals surface area contributed by atoms with Gasteiger partial charge in [0.2, 0.25) is 0 Å². The van der Waals surface area contributed by atoms with Crippen LogP contribution >= 0.6 is 7.14 Å². The van der Waals surface area contributed by atoms with Gasteiger partial charge in [-0.15, -0.1) is 5.10 Å². The number of H-pyrrole nitrogens is 1. The van der Waals surface area contributed by atoms with Crippen LogP contribution in [0.4, 0.5) is 10.2 Å². The van der Waals surface area contributed by atoms with Crippen molar-refractivity contribution in [2.75, 3.05) is 30.3 Å². The minimum absolute atomic E-state index is 0.247. The van der Waals surface area contributed by atoms with Crippen LogP contribution in [0.15, 0.2) is 59.4 Å². The van der Waals surface area contributed by atoms with Crippen molar-refractivity contribution in [3.05, 3.63) is 87.7 Å². The first-order valence-electron chi connectivity index (χ1n) is 10.8. The van der Waals surface area contributed by atoms with Crippen LogP contribution in [-0.4, -0.2) is 45.8 Å². The maximum atomic E-state index is 14.8. The lowest BCUT2D eigenvalue weighted by Crippen LogP contribution is -2.38. The maximum absolute atomic E-state index is 14.8. The number of hydrogen-bond acceptors (Lipinski definition) is 6. The van der Waals surface area contributed by atoms with Crippen LogP contribution in [-0.2, 0) is 11.0 Å². The summed E-state index contributed by atoms with van der Waals surface area (Å²) in [6, 6.07) is 15.8. The Balaban J connectivity index is 1.40. The highest BCUT2D eigenvalue weighted by molar-refractivity contribution is 7.71. The van der Waals surface area contributed by atoms with Gasteiger partial charge in [-0.05, 0) is 42.8 Å². The fourth-order valence-electron chi connectivity index (χ4n) is 4.30. The smallest absolute Gasteiger partial charge is 0.272 e. The molecule has 0 bridgehead atoms. The summed E-state index contributed by atoms with van der Waals surface area (Å²) in [6.45, 7) is 2.94. The third-order valence-corrected chi connectivity index (χ3v) is 9.23. The van der Waals surface area contributed by atoms with E-state index in [1.54, 1.807) is 24.3 Å². The monoisotopic (exact) mass is 463 g/mol. The third-order valence-electron chi connectivity index (χ3n) is 6.17. The molecule has 1 aliphatic heterocycles. The molecule has 0 unspecified atom stereocenters. The number of nitrogens with one attached hydrogen (secondary N) is 1. The molecule has 33 heavy (non-hydrogen) atoms. The molecule has 9 heteroatoms. The molecule has 0 saturated carbocycles. The minimum Gasteiger partial charge on any atom is -0.354 e. The number of anilines is 1. The van der Waals surface area contributed by atoms with Gasteiger partial charge < -0.3 is 9.46 Å². The largest absolute Gasteiger partial charge is 0.354 e. The van der Waals surface area contributed by atoms with Crippen LogP contribution in [0, 0.1) is 12.7 Å². The van der Waals surface area contributed by atoms with Crippen LogP contribution in [0.25, 0.3) is 10.8 Å². The van der Waals surface area contributed by atoms with E-state index in [1.165, 1.54) is 6.07 Å². The number of fused-ring (bicyclic) bond motifs is 1. The lowest BCUT2D eigenvalue weighted by molar-refractivity contribution is 0.571. The molecule has 0 atom stereocenters. The summed E-state index contributed by atoms with van der Waals surface area (Å²) < 4.78 is 28.6. The molecule has 2 aromatic heterocycles. The average Bonchev–Trinajstić information content (AvgIpc) is 2.83. The van der Waals surface area contributed by atoms with Gasteiger partial charge in [0.25, 0.3) is 5.56 Å². The Labute approximate surface area is 190 Å². The summed E-state index contributed by atoms with van der Waals surface area (Å²) in [5.41, 5.74) is 2.08. The summed E-state index contributed by atoms with van der Waals surface area (Å²) in [4.78, 5) is 14.1. The summed E-state index contributed by atoms with van der Waals surface area (Å²) >= 11 is 0. The molecular formula is C24H23FN5O2P. The van der Waals surface area contributed by atoms with Gasteiger partial charge >= 0.3 is 0 Å². The molecule has 0 aliphatic carbocycles. The van der Waals surface area contributed by atoms with Crippen LogP contribution in [0.3, 0.4) is 0 Å². The second-order valence-corrected chi connectivity index (χ2v) is 11.5. The fourth-order valence-corrected chi connectivity index (χ4v) is 7.00. The molecule has 4 aromatic rings. The molecule has 168 valence electrons. The molecule has 1 saturated heterocycles. The normalized spacial score (nSPS) is 15.6. The van der Waals surface area contributed by atoms with Gasteiger partial charge in [-0.3, -0.25) is 4.79 Å². The molecule has 3 heterocycles. The quantitative estimate of drug-likeness (QED) is 0.467. The first-order valence-corrected chi connectivity index (χ1v) is 12.9. The number of aromatic nitrogens is 4. The zero-order valence-corrected chi connectivity index (χ0v) is 19.1. The molecule has 2 aromatic carbocycles. The molecule has 7 nitrogen and oxygen atoms in total. The number of hydrogen-bond donors (Lipinski definition) is 1. The lowest BCUT2D eigenvalue weighted by Gasteiger charge is -2.33. The first-order chi connectivity index (χ1) is 15.9. The number of halogens is 1. The van der Waals surface area contributed by atoms with E-state index in [0.29, 0.717) is 48.2 Å². The second-order valence-electron chi connectivity index (χ2n) is 8.36. The first kappa shape index (κ1) is 21.5. The Kier molecular flexibility index (Phi) is 5.54. The van der Waals surface area contributed by atoms with Gasteiger partial charge in [0.15, 0.2) is 5.82 Å². The predicted octanol–water partition coefficient (Wildman–Crippen LogP) is 3.26. The van der Waals surface area contributed by atoms with Crippen molar-refractivity contribution in [1.82, 2.24) is 20.4 Å². The van der Waals surface area contributed by atoms with Crippen molar-refractivity contribution >= 4 is 29.0 Å². The van der Waals surface area contributed by atoms with Gasteiger partial charge in [0.05, 0.1) is 16.8 Å². The van der Waals surface area contributed by atoms with E-state index in [2.05, 4.69) is 20.4 Å². The Morgan fingerprint density at radius 2 is 1.79 bits per heavy atom. The summed E-state index contributed by atoms with van der Waals surface area (Å²) in [7, 11) is -2.90. The number of aryl methyl sites for hydroxylation is 1. The van der Waals surface area contributed by atoms with E-state index in [0.717, 1.165) is 22.5 Å². The molecule has 0 radical (unpaired) electrons. The van der Waals surface area contributed by atoms with Crippen molar-refractivity contribution < 1.29 is 8.96 Å². The second kappa shape index (κ2) is 8.52. The van der Waals surface area contributed by atoms with Gasteiger partial charge in [0.1, 0.15) is 13.0 Å². The Hall–Kier alpha value is -3.38. The van der Waals surface area contributed by atoms with Gasteiger partial charge in [-0.1, -0.05) is 24.3 Å². The Morgan fingerprint density at radius 1 is 1.03 bits per heavy atom. The number of rotatable bonds is 4.